The summed E-state index contributed by atoms with van der Waals surface area (Å²) in [4.78, 5) is 0. The third-order valence-electron chi connectivity index (χ3n) is 5.51. The van der Waals surface area contributed by atoms with Gasteiger partial charge < -0.3 is 5.32 Å². The van der Waals surface area contributed by atoms with Crippen LogP contribution in [0.15, 0.2) is 42.5 Å². The second-order valence-electron chi connectivity index (χ2n) is 7.57. The van der Waals surface area contributed by atoms with Crippen molar-refractivity contribution in [3.63, 3.8) is 0 Å². The third kappa shape index (κ3) is 5.35. The molecule has 4 nitrogen and oxygen atoms in total. The molecular formula is C22H29ClN2O2S. The van der Waals surface area contributed by atoms with Crippen molar-refractivity contribution in [2.45, 2.75) is 51.1 Å². The fourth-order valence-electron chi connectivity index (χ4n) is 3.95. The Balaban J connectivity index is 1.77. The number of fused-ring (bicyclic) bond motifs is 1. The molecule has 0 heterocycles. The van der Waals surface area contributed by atoms with Gasteiger partial charge in [0.2, 0.25) is 10.0 Å². The zero-order valence-corrected chi connectivity index (χ0v) is 18.1. The Morgan fingerprint density at radius 1 is 1.14 bits per heavy atom. The van der Waals surface area contributed by atoms with Crippen LogP contribution < -0.4 is 10.0 Å². The first-order valence-corrected chi connectivity index (χ1v) is 12.0. The SMILES string of the molecule is CCCCS(=O)(=O)NCc1ccc2c(c1)C(Cc1cccc(Cl)c1)C(NC)C2. The lowest BCUT2D eigenvalue weighted by atomic mass is 9.90. The first-order chi connectivity index (χ1) is 13.4. The molecule has 2 atom stereocenters. The first-order valence-electron chi connectivity index (χ1n) is 9.92. The van der Waals surface area contributed by atoms with E-state index in [9.17, 15) is 8.42 Å². The molecule has 28 heavy (non-hydrogen) atoms. The number of nitrogens with one attached hydrogen (secondary N) is 2. The van der Waals surface area contributed by atoms with Gasteiger partial charge >= 0.3 is 0 Å². The number of likely N-dealkylation sites (N-methyl/N-ethyl adjacent to an activating group) is 1. The number of benzene rings is 2. The quantitative estimate of drug-likeness (QED) is 0.643. The van der Waals surface area contributed by atoms with E-state index in [1.165, 1.54) is 16.7 Å². The van der Waals surface area contributed by atoms with Gasteiger partial charge in [0, 0.05) is 23.5 Å². The van der Waals surface area contributed by atoms with E-state index in [2.05, 4.69) is 28.2 Å². The fraction of sp³-hybridized carbons (Fsp3) is 0.455. The molecule has 2 aromatic rings. The molecular weight excluding hydrogens is 392 g/mol. The van der Waals surface area contributed by atoms with Crippen molar-refractivity contribution in [2.24, 2.45) is 0 Å². The molecule has 6 heteroatoms. The molecule has 0 saturated heterocycles. The summed E-state index contributed by atoms with van der Waals surface area (Å²) in [7, 11) is -1.21. The Hall–Kier alpha value is -1.40. The van der Waals surface area contributed by atoms with E-state index in [1.54, 1.807) is 0 Å². The zero-order chi connectivity index (χ0) is 20.1. The van der Waals surface area contributed by atoms with Gasteiger partial charge in [-0.2, -0.15) is 0 Å². The van der Waals surface area contributed by atoms with E-state index in [0.29, 0.717) is 24.9 Å². The van der Waals surface area contributed by atoms with Crippen LogP contribution in [-0.4, -0.2) is 27.3 Å². The van der Waals surface area contributed by atoms with Crippen molar-refractivity contribution >= 4 is 21.6 Å². The van der Waals surface area contributed by atoms with Gasteiger partial charge in [-0.15, -0.1) is 0 Å². The second-order valence-corrected chi connectivity index (χ2v) is 9.93. The van der Waals surface area contributed by atoms with Gasteiger partial charge in [0.05, 0.1) is 5.75 Å². The second kappa shape index (κ2) is 9.40. The minimum Gasteiger partial charge on any atom is -0.316 e. The molecule has 1 aliphatic carbocycles. The van der Waals surface area contributed by atoms with E-state index in [-0.39, 0.29) is 5.75 Å². The van der Waals surface area contributed by atoms with Gasteiger partial charge in [-0.3, -0.25) is 0 Å². The van der Waals surface area contributed by atoms with Crippen molar-refractivity contribution < 1.29 is 8.42 Å². The summed E-state index contributed by atoms with van der Waals surface area (Å²) in [6.07, 6.45) is 3.45. The monoisotopic (exact) mass is 420 g/mol. The van der Waals surface area contributed by atoms with Crippen molar-refractivity contribution in [2.75, 3.05) is 12.8 Å². The van der Waals surface area contributed by atoms with Crippen molar-refractivity contribution in [3.8, 4) is 0 Å². The van der Waals surface area contributed by atoms with Crippen LogP contribution in [0.25, 0.3) is 0 Å². The van der Waals surface area contributed by atoms with Gasteiger partial charge in [-0.25, -0.2) is 13.1 Å². The van der Waals surface area contributed by atoms with Gasteiger partial charge in [0.1, 0.15) is 0 Å². The van der Waals surface area contributed by atoms with E-state index < -0.39 is 10.0 Å². The molecule has 0 amide bonds. The molecule has 0 radical (unpaired) electrons. The van der Waals surface area contributed by atoms with Crippen LogP contribution in [0.5, 0.6) is 0 Å². The summed E-state index contributed by atoms with van der Waals surface area (Å²) >= 11 is 6.17. The zero-order valence-electron chi connectivity index (χ0n) is 16.5. The van der Waals surface area contributed by atoms with Gasteiger partial charge in [-0.05, 0) is 60.7 Å². The summed E-state index contributed by atoms with van der Waals surface area (Å²) in [6.45, 7) is 2.34. The number of rotatable bonds is 9. The molecule has 1 aliphatic rings. The molecule has 152 valence electrons. The highest BCUT2D eigenvalue weighted by atomic mass is 35.5. The van der Waals surface area contributed by atoms with Crippen molar-refractivity contribution in [1.82, 2.24) is 10.0 Å². The van der Waals surface area contributed by atoms with Gasteiger partial charge in [-0.1, -0.05) is 55.3 Å². The van der Waals surface area contributed by atoms with Crippen LogP contribution in [0, 0.1) is 0 Å². The van der Waals surface area contributed by atoms with E-state index in [1.807, 2.05) is 38.2 Å². The van der Waals surface area contributed by atoms with E-state index >= 15 is 0 Å². The Labute approximate surface area is 173 Å². The highest BCUT2D eigenvalue weighted by Gasteiger charge is 2.31. The predicted molar refractivity (Wildman–Crippen MR) is 116 cm³/mol. The summed E-state index contributed by atoms with van der Waals surface area (Å²) in [5, 5.41) is 4.21. The highest BCUT2D eigenvalue weighted by Crippen LogP contribution is 2.36. The van der Waals surface area contributed by atoms with Crippen molar-refractivity contribution in [1.29, 1.82) is 0 Å². The lowest BCUT2D eigenvalue weighted by Crippen LogP contribution is -2.30. The molecule has 2 unspecified atom stereocenters. The van der Waals surface area contributed by atoms with Crippen LogP contribution in [0.1, 0.15) is 47.9 Å². The normalized spacial score (nSPS) is 19.0. The minimum absolute atomic E-state index is 0.188. The predicted octanol–water partition coefficient (Wildman–Crippen LogP) is 4.03. The summed E-state index contributed by atoms with van der Waals surface area (Å²) < 4.78 is 26.9. The van der Waals surface area contributed by atoms with Crippen LogP contribution in [0.3, 0.4) is 0 Å². The van der Waals surface area contributed by atoms with Crippen LogP contribution in [0.4, 0.5) is 0 Å². The molecule has 0 bridgehead atoms. The van der Waals surface area contributed by atoms with Crippen LogP contribution >= 0.6 is 11.6 Å². The fourth-order valence-corrected chi connectivity index (χ4v) is 5.37. The van der Waals surface area contributed by atoms with Crippen LogP contribution in [-0.2, 0) is 29.4 Å². The maximum absolute atomic E-state index is 12.1. The number of halogens is 1. The van der Waals surface area contributed by atoms with Crippen LogP contribution in [0.2, 0.25) is 5.02 Å². The summed E-state index contributed by atoms with van der Waals surface area (Å²) in [5.41, 5.74) is 4.87. The molecule has 0 aliphatic heterocycles. The maximum Gasteiger partial charge on any atom is 0.211 e. The van der Waals surface area contributed by atoms with Gasteiger partial charge in [0.25, 0.3) is 0 Å². The number of hydrogen-bond donors (Lipinski definition) is 2. The lowest BCUT2D eigenvalue weighted by Gasteiger charge is -2.20. The lowest BCUT2D eigenvalue weighted by molar-refractivity contribution is 0.492. The molecule has 0 saturated carbocycles. The smallest absolute Gasteiger partial charge is 0.211 e. The molecule has 2 N–H and O–H groups in total. The average molecular weight is 421 g/mol. The largest absolute Gasteiger partial charge is 0.316 e. The highest BCUT2D eigenvalue weighted by molar-refractivity contribution is 7.89. The Bertz CT molecular complexity index is 915. The molecule has 3 rings (SSSR count). The van der Waals surface area contributed by atoms with E-state index in [0.717, 1.165) is 29.8 Å². The maximum atomic E-state index is 12.1. The molecule has 0 fully saturated rings. The number of sulfonamides is 1. The minimum atomic E-state index is -3.22. The average Bonchev–Trinajstić information content (AvgIpc) is 3.02. The third-order valence-corrected chi connectivity index (χ3v) is 7.16. The standard InChI is InChI=1S/C22H29ClN2O2S/c1-3-4-10-28(26,27)25-15-17-8-9-18-14-22(24-2)21(20(18)13-17)12-16-6-5-7-19(23)11-16/h5-9,11,13,21-22,24-25H,3-4,10,12,14-15H2,1-2H3. The first kappa shape index (κ1) is 21.3. The molecule has 0 spiro atoms. The number of hydrogen-bond acceptors (Lipinski definition) is 3. The van der Waals surface area contributed by atoms with E-state index in [4.69, 9.17) is 11.6 Å². The molecule has 2 aromatic carbocycles. The topological polar surface area (TPSA) is 58.2 Å². The summed E-state index contributed by atoms with van der Waals surface area (Å²) in [6, 6.07) is 14.7. The summed E-state index contributed by atoms with van der Waals surface area (Å²) in [5.74, 6) is 0.531. The molecule has 0 aromatic heterocycles. The number of unbranched alkanes of at least 4 members (excludes halogenated alkanes) is 1. The Morgan fingerprint density at radius 3 is 2.68 bits per heavy atom. The van der Waals surface area contributed by atoms with Crippen molar-refractivity contribution in [3.05, 3.63) is 69.7 Å². The van der Waals surface area contributed by atoms with Gasteiger partial charge in [0.15, 0.2) is 0 Å². The Morgan fingerprint density at radius 2 is 1.96 bits per heavy atom. The Kier molecular flexibility index (Phi) is 7.15.